The molecule has 2 heterocycles. The fourth-order valence-electron chi connectivity index (χ4n) is 2.27. The number of rotatable bonds is 0. The Morgan fingerprint density at radius 2 is 2.25 bits per heavy atom. The SMILES string of the molecule is O=C1C[C@H]2[C@@H]3C=C[C@H](C[C@@H]12)OO3. The molecule has 64 valence electrons. The second kappa shape index (κ2) is 2.18. The van der Waals surface area contributed by atoms with Gasteiger partial charge in [-0.05, 0) is 6.42 Å². The molecule has 2 aliphatic heterocycles. The fraction of sp³-hybridized carbons (Fsp3) is 0.667. The third-order valence-corrected chi connectivity index (χ3v) is 3.08. The Morgan fingerprint density at radius 1 is 1.33 bits per heavy atom. The third kappa shape index (κ3) is 0.753. The molecule has 4 rings (SSSR count). The van der Waals surface area contributed by atoms with Crippen molar-refractivity contribution in [2.45, 2.75) is 25.0 Å². The molecule has 0 aromatic carbocycles. The van der Waals surface area contributed by atoms with Crippen LogP contribution in [0.25, 0.3) is 0 Å². The molecule has 4 aliphatic rings. The first kappa shape index (κ1) is 6.80. The molecule has 3 nitrogen and oxygen atoms in total. The maximum absolute atomic E-state index is 11.2. The summed E-state index contributed by atoms with van der Waals surface area (Å²) in [5.41, 5.74) is 0. The molecule has 2 fully saturated rings. The van der Waals surface area contributed by atoms with E-state index in [1.807, 2.05) is 12.2 Å². The van der Waals surface area contributed by atoms with Crippen molar-refractivity contribution < 1.29 is 14.6 Å². The number of hydrogen-bond acceptors (Lipinski definition) is 3. The zero-order valence-electron chi connectivity index (χ0n) is 6.60. The molecule has 2 bridgehead atoms. The highest BCUT2D eigenvalue weighted by Gasteiger charge is 2.49. The van der Waals surface area contributed by atoms with Gasteiger partial charge in [0.2, 0.25) is 0 Å². The Kier molecular flexibility index (Phi) is 1.23. The van der Waals surface area contributed by atoms with Gasteiger partial charge in [0.05, 0.1) is 0 Å². The van der Waals surface area contributed by atoms with Crippen molar-refractivity contribution in [2.24, 2.45) is 11.8 Å². The summed E-state index contributed by atoms with van der Waals surface area (Å²) in [5, 5.41) is 0. The van der Waals surface area contributed by atoms with E-state index in [-0.39, 0.29) is 18.1 Å². The van der Waals surface area contributed by atoms with Gasteiger partial charge in [0.1, 0.15) is 18.0 Å². The molecule has 0 aromatic heterocycles. The molecule has 4 atom stereocenters. The van der Waals surface area contributed by atoms with Gasteiger partial charge in [0.15, 0.2) is 0 Å². The topological polar surface area (TPSA) is 35.5 Å². The van der Waals surface area contributed by atoms with Gasteiger partial charge < -0.3 is 0 Å². The molecule has 0 radical (unpaired) electrons. The lowest BCUT2D eigenvalue weighted by Crippen LogP contribution is -2.42. The monoisotopic (exact) mass is 166 g/mol. The fourth-order valence-corrected chi connectivity index (χ4v) is 2.27. The molecule has 0 amide bonds. The lowest BCUT2D eigenvalue weighted by atomic mass is 9.68. The maximum atomic E-state index is 11.2. The molecule has 0 aromatic rings. The minimum atomic E-state index is 0.0144. The first-order valence-corrected chi connectivity index (χ1v) is 4.38. The summed E-state index contributed by atoms with van der Waals surface area (Å²) < 4.78 is 0. The summed E-state index contributed by atoms with van der Waals surface area (Å²) in [6, 6.07) is 0. The van der Waals surface area contributed by atoms with E-state index in [1.165, 1.54) is 0 Å². The smallest absolute Gasteiger partial charge is 0.136 e. The highest BCUT2D eigenvalue weighted by molar-refractivity contribution is 5.87. The molecular formula is C9H10O3. The Bertz CT molecular complexity index is 258. The van der Waals surface area contributed by atoms with Gasteiger partial charge in [-0.3, -0.25) is 4.79 Å². The largest absolute Gasteiger partial charge is 0.299 e. The molecule has 1 saturated heterocycles. The second-order valence-electron chi connectivity index (χ2n) is 3.76. The highest BCUT2D eigenvalue weighted by atomic mass is 17.2. The van der Waals surface area contributed by atoms with E-state index >= 15 is 0 Å². The van der Waals surface area contributed by atoms with E-state index in [1.54, 1.807) is 0 Å². The maximum Gasteiger partial charge on any atom is 0.136 e. The van der Waals surface area contributed by atoms with E-state index in [0.29, 0.717) is 18.1 Å². The number of Topliss-reactive ketones (excluding diaryl/α,β-unsaturated/α-hetero) is 1. The van der Waals surface area contributed by atoms with E-state index < -0.39 is 0 Å². The van der Waals surface area contributed by atoms with Crippen LogP contribution in [0.1, 0.15) is 12.8 Å². The summed E-state index contributed by atoms with van der Waals surface area (Å²) in [6.45, 7) is 0. The average Bonchev–Trinajstić information content (AvgIpc) is 2.32. The van der Waals surface area contributed by atoms with Crippen molar-refractivity contribution in [3.8, 4) is 0 Å². The van der Waals surface area contributed by atoms with Crippen LogP contribution in [0.2, 0.25) is 0 Å². The molecular weight excluding hydrogens is 156 g/mol. The molecule has 0 unspecified atom stereocenters. The summed E-state index contributed by atoms with van der Waals surface area (Å²) in [7, 11) is 0. The number of fused-ring (bicyclic) bond motifs is 1. The van der Waals surface area contributed by atoms with Crippen LogP contribution in [0, 0.1) is 11.8 Å². The van der Waals surface area contributed by atoms with Crippen LogP contribution in [0.15, 0.2) is 12.2 Å². The molecule has 0 spiro atoms. The van der Waals surface area contributed by atoms with E-state index in [0.717, 1.165) is 6.42 Å². The quantitative estimate of drug-likeness (QED) is 0.395. The Hall–Kier alpha value is -0.670. The van der Waals surface area contributed by atoms with E-state index in [9.17, 15) is 4.79 Å². The minimum Gasteiger partial charge on any atom is -0.299 e. The van der Waals surface area contributed by atoms with Crippen molar-refractivity contribution in [1.82, 2.24) is 0 Å². The Morgan fingerprint density at radius 3 is 2.92 bits per heavy atom. The van der Waals surface area contributed by atoms with Crippen LogP contribution in [0.3, 0.4) is 0 Å². The zero-order valence-corrected chi connectivity index (χ0v) is 6.60. The summed E-state index contributed by atoms with van der Waals surface area (Å²) >= 11 is 0. The molecule has 3 heteroatoms. The minimum absolute atomic E-state index is 0.0144. The van der Waals surface area contributed by atoms with E-state index in [4.69, 9.17) is 9.78 Å². The van der Waals surface area contributed by atoms with Crippen LogP contribution >= 0.6 is 0 Å². The van der Waals surface area contributed by atoms with Gasteiger partial charge in [-0.1, -0.05) is 12.2 Å². The summed E-state index contributed by atoms with van der Waals surface area (Å²) in [5.74, 6) is 0.978. The van der Waals surface area contributed by atoms with Crippen LogP contribution in [0.4, 0.5) is 0 Å². The van der Waals surface area contributed by atoms with Crippen molar-refractivity contribution in [3.05, 3.63) is 12.2 Å². The number of ketones is 1. The van der Waals surface area contributed by atoms with Gasteiger partial charge in [0.25, 0.3) is 0 Å². The van der Waals surface area contributed by atoms with Crippen LogP contribution in [-0.2, 0) is 14.6 Å². The molecule has 2 aliphatic carbocycles. The third-order valence-electron chi connectivity index (χ3n) is 3.08. The van der Waals surface area contributed by atoms with Crippen LogP contribution in [-0.4, -0.2) is 18.0 Å². The van der Waals surface area contributed by atoms with Crippen molar-refractivity contribution in [2.75, 3.05) is 0 Å². The molecule has 0 N–H and O–H groups in total. The number of carbonyl (C=O) groups excluding carboxylic acids is 1. The average molecular weight is 166 g/mol. The van der Waals surface area contributed by atoms with Gasteiger partial charge >= 0.3 is 0 Å². The van der Waals surface area contributed by atoms with E-state index in [2.05, 4.69) is 0 Å². The van der Waals surface area contributed by atoms with Gasteiger partial charge in [0, 0.05) is 18.3 Å². The predicted molar refractivity (Wildman–Crippen MR) is 40.1 cm³/mol. The standard InChI is InChI=1S/C9H10O3/c10-8-4-7-6(8)3-5-1-2-9(7)12-11-5/h1-2,5-7,9H,3-4H2/t5-,6-,7-,9+/m1/s1. The summed E-state index contributed by atoms with van der Waals surface area (Å²) in [4.78, 5) is 21.4. The number of carbonyl (C=O) groups is 1. The predicted octanol–water partition coefficient (Wildman–Crippen LogP) is 0.850. The first-order valence-electron chi connectivity index (χ1n) is 4.38. The molecule has 1 saturated carbocycles. The Labute approximate surface area is 70.3 Å². The van der Waals surface area contributed by atoms with Gasteiger partial charge in [-0.25, -0.2) is 9.78 Å². The van der Waals surface area contributed by atoms with Gasteiger partial charge in [-0.15, -0.1) is 0 Å². The first-order chi connectivity index (χ1) is 5.84. The second-order valence-corrected chi connectivity index (χ2v) is 3.76. The molecule has 12 heavy (non-hydrogen) atoms. The highest BCUT2D eigenvalue weighted by Crippen LogP contribution is 2.43. The Balaban J connectivity index is 1.93. The zero-order chi connectivity index (χ0) is 8.13. The van der Waals surface area contributed by atoms with Crippen LogP contribution < -0.4 is 0 Å². The van der Waals surface area contributed by atoms with Crippen molar-refractivity contribution in [3.63, 3.8) is 0 Å². The van der Waals surface area contributed by atoms with Gasteiger partial charge in [-0.2, -0.15) is 0 Å². The summed E-state index contributed by atoms with van der Waals surface area (Å²) in [6.07, 6.45) is 5.59. The number of hydrogen-bond donors (Lipinski definition) is 0. The van der Waals surface area contributed by atoms with Crippen molar-refractivity contribution >= 4 is 5.78 Å². The normalized spacial score (nSPS) is 49.8. The lowest BCUT2D eigenvalue weighted by Gasteiger charge is -2.34. The lowest BCUT2D eigenvalue weighted by molar-refractivity contribution is -0.338. The van der Waals surface area contributed by atoms with Crippen molar-refractivity contribution in [1.29, 1.82) is 0 Å². The van der Waals surface area contributed by atoms with Crippen LogP contribution in [0.5, 0.6) is 0 Å².